The summed E-state index contributed by atoms with van der Waals surface area (Å²) in [5, 5.41) is 13.6. The Morgan fingerprint density at radius 3 is 2.45 bits per heavy atom. The third-order valence-electron chi connectivity index (χ3n) is 6.05. The zero-order valence-corrected chi connectivity index (χ0v) is 19.0. The van der Waals surface area contributed by atoms with Crippen LogP contribution >= 0.6 is 11.6 Å². The number of aromatic amines is 1. The highest BCUT2D eigenvalue weighted by atomic mass is 35.5. The minimum absolute atomic E-state index is 0.203. The minimum atomic E-state index is -1.45. The van der Waals surface area contributed by atoms with Crippen molar-refractivity contribution in [1.29, 1.82) is 0 Å². The van der Waals surface area contributed by atoms with Crippen LogP contribution in [0.4, 0.5) is 0 Å². The van der Waals surface area contributed by atoms with Crippen molar-refractivity contribution >= 4 is 22.5 Å². The lowest BCUT2D eigenvalue weighted by Gasteiger charge is -2.30. The second kappa shape index (κ2) is 8.03. The molecular weight excluding hydrogens is 434 g/mol. The lowest BCUT2D eigenvalue weighted by molar-refractivity contribution is 0.117. The SMILES string of the molecule is Cc1ccc(C(O)(c2ccc3[nH]c(=O)cc(-c4cccc(Cl)c4)c3c2)c2cncn2C)cc1. The van der Waals surface area contributed by atoms with Crippen LogP contribution in [0.5, 0.6) is 0 Å². The van der Waals surface area contributed by atoms with Crippen molar-refractivity contribution in [1.82, 2.24) is 14.5 Å². The van der Waals surface area contributed by atoms with Crippen LogP contribution in [0.25, 0.3) is 22.0 Å². The summed E-state index contributed by atoms with van der Waals surface area (Å²) < 4.78 is 1.81. The summed E-state index contributed by atoms with van der Waals surface area (Å²) in [6, 6.07) is 22.4. The summed E-state index contributed by atoms with van der Waals surface area (Å²) in [5.74, 6) is 0. The molecular formula is C27H22ClN3O2. The number of aliphatic hydroxyl groups is 1. The van der Waals surface area contributed by atoms with Crippen LogP contribution in [0, 0.1) is 6.92 Å². The molecule has 0 aliphatic rings. The summed E-state index contributed by atoms with van der Waals surface area (Å²) in [7, 11) is 1.86. The summed E-state index contributed by atoms with van der Waals surface area (Å²) in [4.78, 5) is 19.5. The highest BCUT2D eigenvalue weighted by molar-refractivity contribution is 6.30. The van der Waals surface area contributed by atoms with Crippen LogP contribution in [0.3, 0.4) is 0 Å². The van der Waals surface area contributed by atoms with Crippen LogP contribution < -0.4 is 5.56 Å². The average molecular weight is 456 g/mol. The highest BCUT2D eigenvalue weighted by Gasteiger charge is 2.36. The summed E-state index contributed by atoms with van der Waals surface area (Å²) in [6.07, 6.45) is 3.35. The lowest BCUT2D eigenvalue weighted by atomic mass is 9.82. The highest BCUT2D eigenvalue weighted by Crippen LogP contribution is 2.39. The maximum Gasteiger partial charge on any atom is 0.249 e. The van der Waals surface area contributed by atoms with Gasteiger partial charge in [-0.3, -0.25) is 4.79 Å². The maximum absolute atomic E-state index is 12.4. The van der Waals surface area contributed by atoms with E-state index in [0.717, 1.165) is 27.6 Å². The Balaban J connectivity index is 1.81. The number of nitrogens with one attached hydrogen (secondary N) is 1. The molecule has 0 bridgehead atoms. The van der Waals surface area contributed by atoms with Gasteiger partial charge in [0.25, 0.3) is 0 Å². The molecule has 0 saturated heterocycles. The molecule has 0 radical (unpaired) electrons. The van der Waals surface area contributed by atoms with E-state index in [4.69, 9.17) is 11.6 Å². The number of H-pyrrole nitrogens is 1. The molecule has 0 amide bonds. The first kappa shape index (κ1) is 21.2. The summed E-state index contributed by atoms with van der Waals surface area (Å²) in [6.45, 7) is 2.01. The van der Waals surface area contributed by atoms with E-state index in [0.29, 0.717) is 21.8 Å². The predicted molar refractivity (Wildman–Crippen MR) is 132 cm³/mol. The number of halogens is 1. The van der Waals surface area contributed by atoms with Gasteiger partial charge in [0.05, 0.1) is 18.2 Å². The Morgan fingerprint density at radius 1 is 1.00 bits per heavy atom. The Hall–Kier alpha value is -3.67. The van der Waals surface area contributed by atoms with Crippen LogP contribution in [0.15, 0.2) is 90.1 Å². The minimum Gasteiger partial charge on any atom is -0.374 e. The van der Waals surface area contributed by atoms with E-state index in [1.165, 1.54) is 0 Å². The first-order chi connectivity index (χ1) is 15.9. The van der Waals surface area contributed by atoms with E-state index in [1.54, 1.807) is 24.7 Å². The quantitative estimate of drug-likeness (QED) is 0.392. The van der Waals surface area contributed by atoms with Gasteiger partial charge in [-0.2, -0.15) is 0 Å². The number of fused-ring (bicyclic) bond motifs is 1. The normalized spacial score (nSPS) is 13.2. The molecule has 1 atom stereocenters. The van der Waals surface area contributed by atoms with Crippen molar-refractivity contribution in [3.63, 3.8) is 0 Å². The number of aromatic nitrogens is 3. The van der Waals surface area contributed by atoms with Gasteiger partial charge in [-0.25, -0.2) is 4.98 Å². The second-order valence-electron chi connectivity index (χ2n) is 8.28. The number of imidazole rings is 1. The van der Waals surface area contributed by atoms with Gasteiger partial charge in [0, 0.05) is 29.0 Å². The van der Waals surface area contributed by atoms with Crippen LogP contribution in [-0.2, 0) is 12.6 Å². The van der Waals surface area contributed by atoms with Crippen molar-refractivity contribution in [3.05, 3.63) is 123 Å². The van der Waals surface area contributed by atoms with E-state index in [2.05, 4.69) is 9.97 Å². The molecule has 164 valence electrons. The van der Waals surface area contributed by atoms with Crippen molar-refractivity contribution in [3.8, 4) is 11.1 Å². The molecule has 5 nitrogen and oxygen atoms in total. The first-order valence-electron chi connectivity index (χ1n) is 10.6. The zero-order chi connectivity index (χ0) is 23.2. The Labute approximate surface area is 195 Å². The van der Waals surface area contributed by atoms with Gasteiger partial charge in [0.15, 0.2) is 5.60 Å². The zero-order valence-electron chi connectivity index (χ0n) is 18.2. The Kier molecular flexibility index (Phi) is 5.16. The van der Waals surface area contributed by atoms with Gasteiger partial charge in [-0.05, 0) is 53.4 Å². The van der Waals surface area contributed by atoms with Crippen molar-refractivity contribution in [2.75, 3.05) is 0 Å². The van der Waals surface area contributed by atoms with Gasteiger partial charge in [0.2, 0.25) is 5.56 Å². The molecule has 0 spiro atoms. The van der Waals surface area contributed by atoms with Gasteiger partial charge in [-0.15, -0.1) is 0 Å². The monoisotopic (exact) mass is 455 g/mol. The number of nitrogens with zero attached hydrogens (tertiary/aromatic N) is 2. The third-order valence-corrected chi connectivity index (χ3v) is 6.29. The molecule has 6 heteroatoms. The molecule has 0 aliphatic heterocycles. The predicted octanol–water partition coefficient (Wildman–Crippen LogP) is 5.17. The van der Waals surface area contributed by atoms with E-state index in [9.17, 15) is 9.90 Å². The van der Waals surface area contributed by atoms with Crippen LogP contribution in [0.2, 0.25) is 5.02 Å². The fourth-order valence-corrected chi connectivity index (χ4v) is 4.53. The Morgan fingerprint density at radius 2 is 1.76 bits per heavy atom. The van der Waals surface area contributed by atoms with E-state index >= 15 is 0 Å². The van der Waals surface area contributed by atoms with Gasteiger partial charge < -0.3 is 14.7 Å². The fourth-order valence-electron chi connectivity index (χ4n) is 4.34. The number of hydrogen-bond acceptors (Lipinski definition) is 3. The fraction of sp³-hybridized carbons (Fsp3) is 0.111. The maximum atomic E-state index is 12.4. The number of aryl methyl sites for hydroxylation is 2. The number of hydrogen-bond donors (Lipinski definition) is 2. The molecule has 5 aromatic rings. The van der Waals surface area contributed by atoms with E-state index < -0.39 is 5.60 Å². The number of pyridine rings is 1. The number of benzene rings is 3. The van der Waals surface area contributed by atoms with Crippen molar-refractivity contribution in [2.24, 2.45) is 7.05 Å². The van der Waals surface area contributed by atoms with Crippen molar-refractivity contribution in [2.45, 2.75) is 12.5 Å². The summed E-state index contributed by atoms with van der Waals surface area (Å²) in [5.41, 5.74) is 3.73. The molecule has 0 aliphatic carbocycles. The topological polar surface area (TPSA) is 70.9 Å². The van der Waals surface area contributed by atoms with Gasteiger partial charge in [0.1, 0.15) is 0 Å². The molecule has 0 saturated carbocycles. The number of rotatable bonds is 4. The van der Waals surface area contributed by atoms with Gasteiger partial charge >= 0.3 is 0 Å². The van der Waals surface area contributed by atoms with E-state index in [1.807, 2.05) is 79.2 Å². The van der Waals surface area contributed by atoms with E-state index in [-0.39, 0.29) is 5.56 Å². The molecule has 3 aromatic carbocycles. The second-order valence-corrected chi connectivity index (χ2v) is 8.72. The summed E-state index contributed by atoms with van der Waals surface area (Å²) >= 11 is 6.23. The molecule has 5 rings (SSSR count). The van der Waals surface area contributed by atoms with Crippen molar-refractivity contribution < 1.29 is 5.11 Å². The van der Waals surface area contributed by atoms with Crippen LogP contribution in [0.1, 0.15) is 22.4 Å². The smallest absolute Gasteiger partial charge is 0.249 e. The van der Waals surface area contributed by atoms with Gasteiger partial charge in [-0.1, -0.05) is 59.6 Å². The third kappa shape index (κ3) is 3.65. The van der Waals surface area contributed by atoms with Crippen LogP contribution in [-0.4, -0.2) is 19.6 Å². The molecule has 2 aromatic heterocycles. The molecule has 2 heterocycles. The molecule has 1 unspecified atom stereocenters. The largest absolute Gasteiger partial charge is 0.374 e. The first-order valence-corrected chi connectivity index (χ1v) is 10.9. The average Bonchev–Trinajstić information content (AvgIpc) is 3.24. The Bertz CT molecular complexity index is 1540. The molecule has 0 fully saturated rings. The standard InChI is InChI=1S/C27H22ClN3O2/c1-17-6-8-19(9-7-17)27(33,25-15-29-16-31(25)2)20-10-11-24-23(13-20)22(14-26(32)30-24)18-4-3-5-21(28)12-18/h3-16,33H,1-2H3,(H,30,32). The molecule has 2 N–H and O–H groups in total. The molecule has 33 heavy (non-hydrogen) atoms. The lowest BCUT2D eigenvalue weighted by Crippen LogP contribution is -2.31.